The second kappa shape index (κ2) is 11.7. The third kappa shape index (κ3) is 4.68. The van der Waals surface area contributed by atoms with Gasteiger partial charge in [0.1, 0.15) is 11.2 Å². The van der Waals surface area contributed by atoms with Crippen molar-refractivity contribution in [2.45, 2.75) is 0 Å². The van der Waals surface area contributed by atoms with Gasteiger partial charge in [-0.1, -0.05) is 164 Å². The normalized spacial score (nSPS) is 11.8. The Morgan fingerprint density at radius 2 is 0.943 bits per heavy atom. The summed E-state index contributed by atoms with van der Waals surface area (Å²) in [6.07, 6.45) is 1.91. The van der Waals surface area contributed by atoms with Gasteiger partial charge in [0.05, 0.1) is 22.9 Å². The van der Waals surface area contributed by atoms with Gasteiger partial charge in [-0.05, 0) is 55.9 Å². The van der Waals surface area contributed by atoms with Crippen LogP contribution in [0.3, 0.4) is 0 Å². The summed E-state index contributed by atoms with van der Waals surface area (Å²) in [6, 6.07) is 62.2. The molecule has 0 aliphatic carbocycles. The molecule has 246 valence electrons. The van der Waals surface area contributed by atoms with E-state index in [9.17, 15) is 0 Å². The molecule has 53 heavy (non-hydrogen) atoms. The fraction of sp³-hybridized carbons (Fsp3) is 0. The van der Waals surface area contributed by atoms with Gasteiger partial charge in [-0.2, -0.15) is 0 Å². The van der Waals surface area contributed by atoms with Crippen LogP contribution in [0.2, 0.25) is 0 Å². The van der Waals surface area contributed by atoms with E-state index in [2.05, 4.69) is 176 Å². The summed E-state index contributed by atoms with van der Waals surface area (Å²) in [5, 5.41) is 9.19. The zero-order chi connectivity index (χ0) is 34.9. The summed E-state index contributed by atoms with van der Waals surface area (Å²) in [5.41, 5.74) is 12.2. The second-order valence-corrected chi connectivity index (χ2v) is 13.7. The maximum absolute atomic E-state index is 7.01. The number of fused-ring (bicyclic) bond motifs is 11. The standard InChI is InChI=1S/C50H30N2O/c1-2-12-31(13-3-1)32-24-26-33(27-25-32)38-22-11-23-43-46-37-17-5-4-14-35(37)29-44(50(46)53-49(38)43)34-15-10-16-36(28-34)45-30-51-47-41-20-8-6-18-39(41)40-19-7-9-21-42(40)48(47)52-45/h1-30H. The third-order valence-electron chi connectivity index (χ3n) is 10.7. The van der Waals surface area contributed by atoms with Gasteiger partial charge in [-0.25, -0.2) is 4.98 Å². The predicted molar refractivity (Wildman–Crippen MR) is 221 cm³/mol. The summed E-state index contributed by atoms with van der Waals surface area (Å²) in [4.78, 5) is 10.3. The largest absolute Gasteiger partial charge is 0.455 e. The number of hydrogen-bond acceptors (Lipinski definition) is 3. The highest BCUT2D eigenvalue weighted by Gasteiger charge is 2.20. The molecule has 3 heteroatoms. The molecule has 0 bridgehead atoms. The van der Waals surface area contributed by atoms with E-state index in [1.165, 1.54) is 32.7 Å². The topological polar surface area (TPSA) is 38.9 Å². The van der Waals surface area contributed by atoms with E-state index in [-0.39, 0.29) is 0 Å². The lowest BCUT2D eigenvalue weighted by atomic mass is 9.94. The average molecular weight is 675 g/mol. The van der Waals surface area contributed by atoms with Gasteiger partial charge >= 0.3 is 0 Å². The van der Waals surface area contributed by atoms with Crippen LogP contribution in [0.5, 0.6) is 0 Å². The Labute approximate surface area is 305 Å². The van der Waals surface area contributed by atoms with Gasteiger partial charge in [0.2, 0.25) is 0 Å². The first-order valence-corrected chi connectivity index (χ1v) is 18.0. The van der Waals surface area contributed by atoms with Crippen molar-refractivity contribution in [1.29, 1.82) is 0 Å². The molecule has 0 unspecified atom stereocenters. The molecule has 9 aromatic carbocycles. The summed E-state index contributed by atoms with van der Waals surface area (Å²) in [7, 11) is 0. The van der Waals surface area contributed by atoms with Gasteiger partial charge in [0.25, 0.3) is 0 Å². The SMILES string of the molecule is c1ccc(-c2ccc(-c3cccc4c3oc3c(-c5cccc(-c6cnc7c8ccccc8c8ccccc8c7n6)c5)cc5ccccc5c34)cc2)cc1. The minimum atomic E-state index is 0.836. The maximum Gasteiger partial charge on any atom is 0.143 e. The lowest BCUT2D eigenvalue weighted by molar-refractivity contribution is 0.671. The van der Waals surface area contributed by atoms with Gasteiger partial charge in [0, 0.05) is 38.2 Å². The van der Waals surface area contributed by atoms with Gasteiger partial charge in [-0.15, -0.1) is 0 Å². The number of rotatable bonds is 4. The van der Waals surface area contributed by atoms with Crippen molar-refractivity contribution < 1.29 is 4.42 Å². The van der Waals surface area contributed by atoms with Crippen molar-refractivity contribution in [2.24, 2.45) is 0 Å². The Morgan fingerprint density at radius 3 is 1.74 bits per heavy atom. The molecule has 11 rings (SSSR count). The highest BCUT2D eigenvalue weighted by atomic mass is 16.3. The lowest BCUT2D eigenvalue weighted by Gasteiger charge is -2.11. The molecule has 0 atom stereocenters. The van der Waals surface area contributed by atoms with Crippen LogP contribution < -0.4 is 0 Å². The highest BCUT2D eigenvalue weighted by Crippen LogP contribution is 2.44. The molecule has 0 fully saturated rings. The van der Waals surface area contributed by atoms with Crippen LogP contribution in [-0.2, 0) is 0 Å². The summed E-state index contributed by atoms with van der Waals surface area (Å²) in [6.45, 7) is 0. The van der Waals surface area contributed by atoms with Crippen molar-refractivity contribution in [3.63, 3.8) is 0 Å². The molecule has 0 amide bonds. The zero-order valence-corrected chi connectivity index (χ0v) is 28.6. The fourth-order valence-electron chi connectivity index (χ4n) is 8.17. The molecule has 2 heterocycles. The van der Waals surface area contributed by atoms with Crippen LogP contribution in [0.1, 0.15) is 0 Å². The van der Waals surface area contributed by atoms with Gasteiger partial charge < -0.3 is 4.42 Å². The molecule has 0 aliphatic heterocycles. The molecule has 2 aromatic heterocycles. The third-order valence-corrected chi connectivity index (χ3v) is 10.7. The molecule has 0 saturated carbocycles. The summed E-state index contributed by atoms with van der Waals surface area (Å²) < 4.78 is 7.01. The highest BCUT2D eigenvalue weighted by molar-refractivity contribution is 6.25. The molecule has 11 aromatic rings. The summed E-state index contributed by atoms with van der Waals surface area (Å²) in [5.74, 6) is 0. The summed E-state index contributed by atoms with van der Waals surface area (Å²) >= 11 is 0. The molecule has 0 N–H and O–H groups in total. The van der Waals surface area contributed by atoms with Crippen molar-refractivity contribution in [1.82, 2.24) is 9.97 Å². The van der Waals surface area contributed by atoms with E-state index >= 15 is 0 Å². The second-order valence-electron chi connectivity index (χ2n) is 13.7. The predicted octanol–water partition coefficient (Wildman–Crippen LogP) is 13.7. The number of furan rings is 1. The van der Waals surface area contributed by atoms with Crippen molar-refractivity contribution in [2.75, 3.05) is 0 Å². The first-order valence-electron chi connectivity index (χ1n) is 18.0. The average Bonchev–Trinajstić information content (AvgIpc) is 3.64. The van der Waals surface area contributed by atoms with E-state index in [0.29, 0.717) is 0 Å². The molecule has 0 spiro atoms. The number of benzene rings is 9. The van der Waals surface area contributed by atoms with Crippen LogP contribution in [0, 0.1) is 0 Å². The van der Waals surface area contributed by atoms with Crippen LogP contribution in [0.25, 0.3) is 110 Å². The van der Waals surface area contributed by atoms with E-state index in [0.717, 1.165) is 77.3 Å². The molecular weight excluding hydrogens is 645 g/mol. The molecular formula is C50H30N2O. The van der Waals surface area contributed by atoms with Gasteiger partial charge in [-0.3, -0.25) is 4.98 Å². The Morgan fingerprint density at radius 1 is 0.358 bits per heavy atom. The van der Waals surface area contributed by atoms with E-state index < -0.39 is 0 Å². The quantitative estimate of drug-likeness (QED) is 0.174. The Kier molecular flexibility index (Phi) is 6.55. The Hall–Kier alpha value is -7.10. The first kappa shape index (κ1) is 29.6. The van der Waals surface area contributed by atoms with E-state index in [4.69, 9.17) is 14.4 Å². The van der Waals surface area contributed by atoms with E-state index in [1.54, 1.807) is 0 Å². The Bertz CT molecular complexity index is 3180. The minimum absolute atomic E-state index is 0.836. The smallest absolute Gasteiger partial charge is 0.143 e. The van der Waals surface area contributed by atoms with Crippen LogP contribution in [-0.4, -0.2) is 9.97 Å². The van der Waals surface area contributed by atoms with Crippen LogP contribution >= 0.6 is 0 Å². The molecule has 0 aliphatic rings. The maximum atomic E-state index is 7.01. The zero-order valence-electron chi connectivity index (χ0n) is 28.6. The van der Waals surface area contributed by atoms with Crippen molar-refractivity contribution >= 4 is 65.3 Å². The molecule has 0 radical (unpaired) electrons. The van der Waals surface area contributed by atoms with Crippen LogP contribution in [0.4, 0.5) is 0 Å². The number of nitrogens with zero attached hydrogens (tertiary/aromatic N) is 2. The lowest BCUT2D eigenvalue weighted by Crippen LogP contribution is -1.92. The fourth-order valence-corrected chi connectivity index (χ4v) is 8.17. The molecule has 3 nitrogen and oxygen atoms in total. The Balaban J connectivity index is 1.09. The van der Waals surface area contributed by atoms with Crippen molar-refractivity contribution in [3.05, 3.63) is 182 Å². The molecule has 0 saturated heterocycles. The van der Waals surface area contributed by atoms with Crippen LogP contribution in [0.15, 0.2) is 187 Å². The van der Waals surface area contributed by atoms with Gasteiger partial charge in [0.15, 0.2) is 0 Å². The number of hydrogen-bond donors (Lipinski definition) is 0. The first-order chi connectivity index (χ1) is 26.3. The minimum Gasteiger partial charge on any atom is -0.455 e. The monoisotopic (exact) mass is 674 g/mol. The number of para-hydroxylation sites is 1. The van der Waals surface area contributed by atoms with E-state index in [1.807, 2.05) is 6.20 Å². The number of aromatic nitrogens is 2. The van der Waals surface area contributed by atoms with Crippen molar-refractivity contribution in [3.8, 4) is 44.6 Å².